The van der Waals surface area contributed by atoms with Crippen molar-refractivity contribution in [3.8, 4) is 0 Å². The lowest BCUT2D eigenvalue weighted by molar-refractivity contribution is -0.167. The third-order valence-electron chi connectivity index (χ3n) is 12.3. The molecule has 0 aromatic heterocycles. The summed E-state index contributed by atoms with van der Waals surface area (Å²) in [5.74, 6) is -0.984. The van der Waals surface area contributed by atoms with Crippen molar-refractivity contribution in [2.45, 2.75) is 258 Å². The molecule has 0 saturated carbocycles. The summed E-state index contributed by atoms with van der Waals surface area (Å²) in [6, 6.07) is 0. The number of allylic oxidation sites excluding steroid dienone is 24. The first-order valence-electron chi connectivity index (χ1n) is 30.3. The Hall–Kier alpha value is -4.71. The number of ether oxygens (including phenoxy) is 3. The van der Waals surface area contributed by atoms with Crippen LogP contribution in [0.1, 0.15) is 252 Å². The third kappa shape index (κ3) is 60.0. The van der Waals surface area contributed by atoms with E-state index in [0.29, 0.717) is 19.3 Å². The molecule has 0 radical (unpaired) electrons. The summed E-state index contributed by atoms with van der Waals surface area (Å²) in [7, 11) is 0. The zero-order valence-corrected chi connectivity index (χ0v) is 48.3. The summed E-state index contributed by atoms with van der Waals surface area (Å²) in [6.45, 7) is 6.34. The Morgan fingerprint density at radius 2 is 0.520 bits per heavy atom. The van der Waals surface area contributed by atoms with Gasteiger partial charge in [0.15, 0.2) is 6.10 Å². The van der Waals surface area contributed by atoms with E-state index in [0.717, 1.165) is 154 Å². The number of unbranched alkanes of at least 4 members (excludes halogenated alkanes) is 18. The normalized spacial score (nSPS) is 13.2. The van der Waals surface area contributed by atoms with Gasteiger partial charge in [0, 0.05) is 19.3 Å². The van der Waals surface area contributed by atoms with Crippen molar-refractivity contribution in [2.24, 2.45) is 0 Å². The summed E-state index contributed by atoms with van der Waals surface area (Å²) in [6.07, 6.45) is 88.4. The number of carbonyl (C=O) groups excluding carboxylic acids is 3. The number of carbonyl (C=O) groups is 3. The number of hydrogen-bond donors (Lipinski definition) is 0. The van der Waals surface area contributed by atoms with Gasteiger partial charge in [-0.1, -0.05) is 237 Å². The van der Waals surface area contributed by atoms with Gasteiger partial charge in [-0.25, -0.2) is 0 Å². The third-order valence-corrected chi connectivity index (χ3v) is 12.3. The fourth-order valence-corrected chi connectivity index (χ4v) is 7.82. The fraction of sp³-hybridized carbons (Fsp3) is 0.609. The lowest BCUT2D eigenvalue weighted by Crippen LogP contribution is -2.30. The number of hydrogen-bond acceptors (Lipinski definition) is 6. The minimum Gasteiger partial charge on any atom is -0.462 e. The molecule has 6 nitrogen and oxygen atoms in total. The van der Waals surface area contributed by atoms with Crippen molar-refractivity contribution < 1.29 is 28.6 Å². The topological polar surface area (TPSA) is 78.9 Å². The van der Waals surface area contributed by atoms with Gasteiger partial charge in [0.1, 0.15) is 13.2 Å². The van der Waals surface area contributed by atoms with E-state index < -0.39 is 6.10 Å². The maximum atomic E-state index is 12.9. The van der Waals surface area contributed by atoms with Crippen LogP contribution < -0.4 is 0 Å². The molecule has 0 aromatic carbocycles. The van der Waals surface area contributed by atoms with Crippen LogP contribution in [0.25, 0.3) is 0 Å². The molecule has 0 fully saturated rings. The Morgan fingerprint density at radius 3 is 0.853 bits per heavy atom. The highest BCUT2D eigenvalue weighted by Crippen LogP contribution is 2.13. The molecule has 0 aromatic rings. The molecule has 0 bridgehead atoms. The van der Waals surface area contributed by atoms with Crippen molar-refractivity contribution in [3.05, 3.63) is 146 Å². The van der Waals surface area contributed by atoms with Gasteiger partial charge in [-0.3, -0.25) is 14.4 Å². The van der Waals surface area contributed by atoms with E-state index in [1.165, 1.54) is 51.4 Å². The Balaban J connectivity index is 4.45. The van der Waals surface area contributed by atoms with Crippen LogP contribution in [-0.4, -0.2) is 37.2 Å². The minimum atomic E-state index is -0.818. The molecule has 0 saturated heterocycles. The van der Waals surface area contributed by atoms with Crippen LogP contribution in [0.15, 0.2) is 146 Å². The van der Waals surface area contributed by atoms with Crippen LogP contribution in [0.2, 0.25) is 0 Å². The van der Waals surface area contributed by atoms with Gasteiger partial charge >= 0.3 is 17.9 Å². The molecule has 0 heterocycles. The first kappa shape index (κ1) is 70.3. The summed E-state index contributed by atoms with van der Waals surface area (Å²) in [5.41, 5.74) is 0. The zero-order valence-electron chi connectivity index (χ0n) is 48.3. The largest absolute Gasteiger partial charge is 0.462 e. The van der Waals surface area contributed by atoms with Crippen LogP contribution in [0.3, 0.4) is 0 Å². The second-order valence-electron chi connectivity index (χ2n) is 19.5. The van der Waals surface area contributed by atoms with E-state index in [-0.39, 0.29) is 37.5 Å². The Kier molecular flexibility index (Phi) is 58.0. The molecule has 422 valence electrons. The maximum absolute atomic E-state index is 12.9. The minimum absolute atomic E-state index is 0.110. The van der Waals surface area contributed by atoms with Gasteiger partial charge in [-0.15, -0.1) is 0 Å². The van der Waals surface area contributed by atoms with Gasteiger partial charge in [0.25, 0.3) is 0 Å². The second kappa shape index (κ2) is 61.8. The molecule has 0 amide bonds. The molecule has 0 aliphatic rings. The second-order valence-corrected chi connectivity index (χ2v) is 19.5. The summed E-state index contributed by atoms with van der Waals surface area (Å²) in [4.78, 5) is 38.2. The van der Waals surface area contributed by atoms with Crippen LogP contribution in [0.4, 0.5) is 0 Å². The molecule has 0 N–H and O–H groups in total. The van der Waals surface area contributed by atoms with E-state index in [4.69, 9.17) is 14.2 Å². The molecule has 0 aliphatic heterocycles. The first-order valence-corrected chi connectivity index (χ1v) is 30.3. The molecule has 0 rings (SSSR count). The molecule has 1 atom stereocenters. The molecule has 0 aliphatic carbocycles. The highest BCUT2D eigenvalue weighted by Gasteiger charge is 2.19. The lowest BCUT2D eigenvalue weighted by Gasteiger charge is -2.18. The molecular formula is C69H110O6. The zero-order chi connectivity index (χ0) is 54.3. The Bertz CT molecular complexity index is 1660. The van der Waals surface area contributed by atoms with E-state index in [1.54, 1.807) is 0 Å². The average molecular weight is 1040 g/mol. The maximum Gasteiger partial charge on any atom is 0.306 e. The van der Waals surface area contributed by atoms with E-state index in [1.807, 2.05) is 0 Å². The standard InChI is InChI=1S/C69H110O6/c1-4-7-10-13-16-19-22-25-28-29-30-31-32-33-34-35-36-37-38-39-42-44-47-50-53-56-59-62-68(71)74-65-66(75-69(72)63-60-57-54-51-48-45-41-27-24-21-18-15-12-9-6-3)64-73-67(70)61-58-55-52-49-46-43-40-26-23-20-17-14-11-8-5-2/h7,9-10,12,16,18-19,21,25-28,30-31,33-34,36-37,39-42,48,51,66H,4-6,8,11,13-15,17,20,22-24,29,32,35,38,43-47,49-50,52-65H2,1-3H3/b10-7-,12-9-,19-16-,21-18-,28-25-,31-30-,34-33-,37-36-,40-26-,41-27-,42-39-,51-48-. The monoisotopic (exact) mass is 1030 g/mol. The fourth-order valence-electron chi connectivity index (χ4n) is 7.82. The molecule has 6 heteroatoms. The van der Waals surface area contributed by atoms with Gasteiger partial charge in [-0.05, 0) is 141 Å². The highest BCUT2D eigenvalue weighted by molar-refractivity contribution is 5.71. The van der Waals surface area contributed by atoms with Crippen LogP contribution in [-0.2, 0) is 28.6 Å². The van der Waals surface area contributed by atoms with Crippen LogP contribution in [0.5, 0.6) is 0 Å². The molecule has 1 unspecified atom stereocenters. The van der Waals surface area contributed by atoms with Crippen molar-refractivity contribution in [1.29, 1.82) is 0 Å². The van der Waals surface area contributed by atoms with Crippen molar-refractivity contribution >= 4 is 17.9 Å². The molecular weight excluding hydrogens is 925 g/mol. The van der Waals surface area contributed by atoms with Gasteiger partial charge in [-0.2, -0.15) is 0 Å². The van der Waals surface area contributed by atoms with Gasteiger partial charge in [0.05, 0.1) is 0 Å². The average Bonchev–Trinajstić information content (AvgIpc) is 3.41. The number of esters is 3. The van der Waals surface area contributed by atoms with Crippen molar-refractivity contribution in [2.75, 3.05) is 13.2 Å². The quantitative estimate of drug-likeness (QED) is 0.0261. The summed E-state index contributed by atoms with van der Waals surface area (Å²) < 4.78 is 16.8. The van der Waals surface area contributed by atoms with E-state index >= 15 is 0 Å². The van der Waals surface area contributed by atoms with Crippen LogP contribution >= 0.6 is 0 Å². The number of rotatable bonds is 53. The predicted molar refractivity (Wildman–Crippen MR) is 325 cm³/mol. The summed E-state index contributed by atoms with van der Waals surface area (Å²) >= 11 is 0. The smallest absolute Gasteiger partial charge is 0.306 e. The van der Waals surface area contributed by atoms with Crippen molar-refractivity contribution in [1.82, 2.24) is 0 Å². The highest BCUT2D eigenvalue weighted by atomic mass is 16.6. The van der Waals surface area contributed by atoms with Crippen molar-refractivity contribution in [3.63, 3.8) is 0 Å². The molecule has 0 spiro atoms. The lowest BCUT2D eigenvalue weighted by atomic mass is 10.1. The van der Waals surface area contributed by atoms with E-state index in [2.05, 4.69) is 167 Å². The first-order chi connectivity index (χ1) is 37.0. The SMILES string of the molecule is CC/C=C\C/C=C\C/C=C\C/C=C\C/C=C\C/C=C\C/C=C\CCCCCCCC(=O)OCC(COC(=O)CCCCCCC/C=C\CCCCCCCC)OC(=O)CCCC/C=C\C/C=C\C/C=C\C/C=C\CC. The van der Waals surface area contributed by atoms with E-state index in [9.17, 15) is 14.4 Å². The Labute approximate surface area is 461 Å². The Morgan fingerprint density at radius 1 is 0.280 bits per heavy atom. The molecule has 75 heavy (non-hydrogen) atoms. The van der Waals surface area contributed by atoms with Gasteiger partial charge in [0.2, 0.25) is 0 Å². The summed E-state index contributed by atoms with van der Waals surface area (Å²) in [5, 5.41) is 0. The van der Waals surface area contributed by atoms with Crippen LogP contribution in [0, 0.1) is 0 Å². The van der Waals surface area contributed by atoms with Gasteiger partial charge < -0.3 is 14.2 Å². The predicted octanol–water partition coefficient (Wildman–Crippen LogP) is 20.8.